The molecule has 4 atom stereocenters. The Morgan fingerprint density at radius 2 is 1.75 bits per heavy atom. The fraction of sp³-hybridized carbons (Fsp3) is 0.963. The molecular weight excluding hydrogens is 402 g/mol. The van der Waals surface area contributed by atoms with Crippen molar-refractivity contribution in [1.29, 1.82) is 0 Å². The van der Waals surface area contributed by atoms with Gasteiger partial charge in [-0.25, -0.2) is 0 Å². The Morgan fingerprint density at radius 3 is 2.50 bits per heavy atom. The topological polar surface area (TPSA) is 56.8 Å². The highest BCUT2D eigenvalue weighted by Crippen LogP contribution is 2.35. The molecule has 1 heterocycles. The molecular formula is C27H49NO4. The Morgan fingerprint density at radius 1 is 1.00 bits per heavy atom. The van der Waals surface area contributed by atoms with Crippen molar-refractivity contribution < 1.29 is 19.0 Å². The first-order chi connectivity index (χ1) is 15.5. The standard InChI is InChI=1S/C27H49NO4/c1-20(2)19-30-15-6-4-5-7-16-31-23-11-9-22(10-12-23)18-28-26-21(3)8-13-24-25(29)14-17-32-27(24)26/h20-24,26-28H,4-19H2,1-3H3. The predicted octanol–water partition coefficient (Wildman–Crippen LogP) is 5.16. The number of nitrogens with one attached hydrogen (secondary N) is 1. The van der Waals surface area contributed by atoms with Gasteiger partial charge in [-0.1, -0.05) is 33.6 Å². The highest BCUT2D eigenvalue weighted by Gasteiger charge is 2.43. The number of fused-ring (bicyclic) bond motifs is 1. The minimum Gasteiger partial charge on any atom is -0.381 e. The van der Waals surface area contributed by atoms with Gasteiger partial charge in [-0.3, -0.25) is 4.79 Å². The molecule has 0 aromatic carbocycles. The van der Waals surface area contributed by atoms with Gasteiger partial charge in [-0.05, 0) is 75.7 Å². The van der Waals surface area contributed by atoms with Crippen LogP contribution in [0.2, 0.25) is 0 Å². The highest BCUT2D eigenvalue weighted by atomic mass is 16.5. The largest absolute Gasteiger partial charge is 0.381 e. The molecule has 0 amide bonds. The third-order valence-electron chi connectivity index (χ3n) is 7.79. The van der Waals surface area contributed by atoms with Crippen molar-refractivity contribution in [1.82, 2.24) is 5.32 Å². The molecule has 186 valence electrons. The van der Waals surface area contributed by atoms with Crippen LogP contribution in [-0.4, -0.2) is 57.0 Å². The van der Waals surface area contributed by atoms with E-state index in [-0.39, 0.29) is 12.0 Å². The van der Waals surface area contributed by atoms with Crippen LogP contribution in [0.4, 0.5) is 0 Å². The molecule has 0 bridgehead atoms. The molecule has 4 unspecified atom stereocenters. The molecule has 0 radical (unpaired) electrons. The van der Waals surface area contributed by atoms with E-state index in [9.17, 15) is 4.79 Å². The van der Waals surface area contributed by atoms with E-state index in [1.807, 2.05) is 0 Å². The van der Waals surface area contributed by atoms with Crippen LogP contribution >= 0.6 is 0 Å². The molecule has 3 aliphatic rings. The van der Waals surface area contributed by atoms with E-state index in [0.717, 1.165) is 45.1 Å². The first-order valence-electron chi connectivity index (χ1n) is 13.6. The minimum atomic E-state index is 0.0986. The summed E-state index contributed by atoms with van der Waals surface area (Å²) in [6.07, 6.45) is 13.0. The first kappa shape index (κ1) is 26.1. The van der Waals surface area contributed by atoms with E-state index in [0.29, 0.717) is 42.8 Å². The molecule has 1 aliphatic heterocycles. The average Bonchev–Trinajstić information content (AvgIpc) is 2.78. The Bertz CT molecular complexity index is 532. The van der Waals surface area contributed by atoms with Gasteiger partial charge < -0.3 is 19.5 Å². The summed E-state index contributed by atoms with van der Waals surface area (Å²) < 4.78 is 17.9. The molecule has 3 fully saturated rings. The molecule has 0 spiro atoms. The van der Waals surface area contributed by atoms with E-state index < -0.39 is 0 Å². The van der Waals surface area contributed by atoms with Crippen molar-refractivity contribution in [3.05, 3.63) is 0 Å². The summed E-state index contributed by atoms with van der Waals surface area (Å²) >= 11 is 0. The van der Waals surface area contributed by atoms with Gasteiger partial charge in [0.1, 0.15) is 5.78 Å². The Balaban J connectivity index is 1.23. The van der Waals surface area contributed by atoms with Crippen molar-refractivity contribution >= 4 is 5.78 Å². The van der Waals surface area contributed by atoms with Crippen LogP contribution in [-0.2, 0) is 19.0 Å². The molecule has 5 nitrogen and oxygen atoms in total. The number of ether oxygens (including phenoxy) is 3. The van der Waals surface area contributed by atoms with Crippen molar-refractivity contribution in [2.45, 2.75) is 110 Å². The van der Waals surface area contributed by atoms with Crippen LogP contribution in [0.5, 0.6) is 0 Å². The maximum Gasteiger partial charge on any atom is 0.140 e. The molecule has 0 aromatic heterocycles. The summed E-state index contributed by atoms with van der Waals surface area (Å²) in [4.78, 5) is 12.3. The Kier molecular flexibility index (Phi) is 11.5. The fourth-order valence-electron chi connectivity index (χ4n) is 5.76. The lowest BCUT2D eigenvalue weighted by Gasteiger charge is -2.44. The summed E-state index contributed by atoms with van der Waals surface area (Å²) in [6.45, 7) is 11.1. The van der Waals surface area contributed by atoms with E-state index in [1.165, 1.54) is 51.4 Å². The molecule has 3 rings (SSSR count). The van der Waals surface area contributed by atoms with Gasteiger partial charge in [0, 0.05) is 38.2 Å². The number of unbranched alkanes of at least 4 members (excludes halogenated alkanes) is 3. The molecule has 2 saturated carbocycles. The van der Waals surface area contributed by atoms with Crippen LogP contribution in [0.25, 0.3) is 0 Å². The van der Waals surface area contributed by atoms with E-state index >= 15 is 0 Å². The van der Waals surface area contributed by atoms with Gasteiger partial charge in [-0.2, -0.15) is 0 Å². The van der Waals surface area contributed by atoms with Crippen LogP contribution < -0.4 is 5.32 Å². The molecule has 1 N–H and O–H groups in total. The van der Waals surface area contributed by atoms with Crippen LogP contribution in [0.1, 0.15) is 91.4 Å². The van der Waals surface area contributed by atoms with E-state index in [4.69, 9.17) is 14.2 Å². The van der Waals surface area contributed by atoms with E-state index in [2.05, 4.69) is 26.1 Å². The smallest absolute Gasteiger partial charge is 0.140 e. The summed E-state index contributed by atoms with van der Waals surface area (Å²) in [5.41, 5.74) is 0. The zero-order chi connectivity index (χ0) is 22.8. The molecule has 0 aromatic rings. The molecule has 2 aliphatic carbocycles. The second-order valence-corrected chi connectivity index (χ2v) is 11.0. The van der Waals surface area contributed by atoms with Gasteiger partial charge in [-0.15, -0.1) is 0 Å². The summed E-state index contributed by atoms with van der Waals surface area (Å²) in [5, 5.41) is 3.83. The molecule has 1 saturated heterocycles. The normalized spacial score (nSPS) is 33.4. The fourth-order valence-corrected chi connectivity index (χ4v) is 5.76. The number of Topliss-reactive ketones (excluding diaryl/α,β-unsaturated/α-hetero) is 1. The summed E-state index contributed by atoms with van der Waals surface area (Å²) in [6, 6.07) is 0.336. The average molecular weight is 452 g/mol. The third-order valence-corrected chi connectivity index (χ3v) is 7.79. The SMILES string of the molecule is CC(C)COCCCCCCOC1CCC(CNC2C(C)CCC3C(=O)CCOC32)CC1. The summed E-state index contributed by atoms with van der Waals surface area (Å²) in [7, 11) is 0. The number of ketones is 1. The number of rotatable bonds is 13. The number of hydrogen-bond acceptors (Lipinski definition) is 5. The summed E-state index contributed by atoms with van der Waals surface area (Å²) in [5.74, 6) is 2.51. The number of carbonyl (C=O) groups excluding carboxylic acids is 1. The highest BCUT2D eigenvalue weighted by molar-refractivity contribution is 5.82. The van der Waals surface area contributed by atoms with Crippen molar-refractivity contribution in [3.8, 4) is 0 Å². The second-order valence-electron chi connectivity index (χ2n) is 11.0. The van der Waals surface area contributed by atoms with Crippen molar-refractivity contribution in [2.24, 2.45) is 23.7 Å². The monoisotopic (exact) mass is 451 g/mol. The maximum absolute atomic E-state index is 12.3. The lowest BCUT2D eigenvalue weighted by molar-refractivity contribution is -0.145. The van der Waals surface area contributed by atoms with Gasteiger partial charge in [0.15, 0.2) is 0 Å². The quantitative estimate of drug-likeness (QED) is 0.392. The van der Waals surface area contributed by atoms with Crippen LogP contribution in [0.15, 0.2) is 0 Å². The third kappa shape index (κ3) is 8.38. The van der Waals surface area contributed by atoms with Gasteiger partial charge >= 0.3 is 0 Å². The van der Waals surface area contributed by atoms with Crippen molar-refractivity contribution in [2.75, 3.05) is 33.0 Å². The number of carbonyl (C=O) groups is 1. The van der Waals surface area contributed by atoms with Gasteiger partial charge in [0.25, 0.3) is 0 Å². The number of hydrogen-bond donors (Lipinski definition) is 1. The van der Waals surface area contributed by atoms with Gasteiger partial charge in [0.05, 0.1) is 18.8 Å². The lowest BCUT2D eigenvalue weighted by atomic mass is 9.73. The molecule has 5 heteroatoms. The zero-order valence-corrected chi connectivity index (χ0v) is 21.0. The zero-order valence-electron chi connectivity index (χ0n) is 21.0. The van der Waals surface area contributed by atoms with Crippen LogP contribution in [0, 0.1) is 23.7 Å². The Labute approximate surface area is 196 Å². The second kappa shape index (κ2) is 14.0. The van der Waals surface area contributed by atoms with Crippen molar-refractivity contribution in [3.63, 3.8) is 0 Å². The predicted molar refractivity (Wildman–Crippen MR) is 129 cm³/mol. The lowest BCUT2D eigenvalue weighted by Crippen LogP contribution is -2.56. The first-order valence-corrected chi connectivity index (χ1v) is 13.6. The van der Waals surface area contributed by atoms with Gasteiger partial charge in [0.2, 0.25) is 0 Å². The molecule has 32 heavy (non-hydrogen) atoms. The van der Waals surface area contributed by atoms with Crippen LogP contribution in [0.3, 0.4) is 0 Å². The van der Waals surface area contributed by atoms with E-state index in [1.54, 1.807) is 0 Å². The Hall–Kier alpha value is -0.490. The maximum atomic E-state index is 12.3. The minimum absolute atomic E-state index is 0.0986.